The first kappa shape index (κ1) is 20.4. The molecular weight excluding hydrogens is 410 g/mol. The van der Waals surface area contributed by atoms with Crippen LogP contribution in [0, 0.1) is 0 Å². The summed E-state index contributed by atoms with van der Waals surface area (Å²) in [6.45, 7) is 3.47. The van der Waals surface area contributed by atoms with Gasteiger partial charge in [0.1, 0.15) is 5.82 Å². The molecule has 2 aliphatic heterocycles. The van der Waals surface area contributed by atoms with E-state index in [0.717, 1.165) is 55.3 Å². The topological polar surface area (TPSA) is 71.3 Å². The molecule has 31 heavy (non-hydrogen) atoms. The third-order valence-electron chi connectivity index (χ3n) is 6.54. The lowest BCUT2D eigenvalue weighted by molar-refractivity contribution is 0.0452. The highest BCUT2D eigenvalue weighted by molar-refractivity contribution is 7.88. The van der Waals surface area contributed by atoms with E-state index in [1.54, 1.807) is 4.31 Å². The lowest BCUT2D eigenvalue weighted by atomic mass is 9.85. The molecule has 0 radical (unpaired) electrons. The molecule has 1 spiro atoms. The quantitative estimate of drug-likeness (QED) is 0.628. The van der Waals surface area contributed by atoms with Crippen LogP contribution in [-0.2, 0) is 28.7 Å². The fourth-order valence-electron chi connectivity index (χ4n) is 5.09. The zero-order chi connectivity index (χ0) is 21.5. The van der Waals surface area contributed by atoms with E-state index in [1.807, 2.05) is 48.8 Å². The zero-order valence-corrected chi connectivity index (χ0v) is 18.5. The van der Waals surface area contributed by atoms with Crippen LogP contribution in [0.2, 0.25) is 0 Å². The molecule has 0 amide bonds. The summed E-state index contributed by atoms with van der Waals surface area (Å²) in [6.07, 6.45) is 6.48. The number of fused-ring (bicyclic) bond motifs is 2. The second kappa shape index (κ2) is 7.85. The number of benzene rings is 1. The molecule has 8 heteroatoms. The highest BCUT2D eigenvalue weighted by Crippen LogP contribution is 2.43. The number of nitrogens with zero attached hydrogens (tertiary/aromatic N) is 5. The van der Waals surface area contributed by atoms with Gasteiger partial charge in [-0.3, -0.25) is 9.88 Å². The van der Waals surface area contributed by atoms with E-state index in [2.05, 4.69) is 26.6 Å². The maximum Gasteiger partial charge on any atom is 0.212 e. The number of imidazole rings is 1. The van der Waals surface area contributed by atoms with Gasteiger partial charge < -0.3 is 4.57 Å². The standard InChI is InChI=1S/C23H27N5O2S/c1-31(29,30)28-16-15-27-21(19-7-3-2-4-8-19)17-25-22(27)23(28)10-13-26(14-11-23)18-20-9-5-6-12-24-20/h2-9,12,17H,10-11,13-16,18H2,1H3. The van der Waals surface area contributed by atoms with Crippen LogP contribution < -0.4 is 0 Å². The average Bonchev–Trinajstić information content (AvgIpc) is 3.21. The fourth-order valence-corrected chi connectivity index (χ4v) is 6.40. The van der Waals surface area contributed by atoms with E-state index in [-0.39, 0.29) is 0 Å². The minimum Gasteiger partial charge on any atom is -0.325 e. The van der Waals surface area contributed by atoms with Gasteiger partial charge in [0, 0.05) is 38.9 Å². The van der Waals surface area contributed by atoms with Crippen molar-refractivity contribution < 1.29 is 8.42 Å². The van der Waals surface area contributed by atoms with Crippen molar-refractivity contribution >= 4 is 10.0 Å². The van der Waals surface area contributed by atoms with Gasteiger partial charge in [-0.15, -0.1) is 0 Å². The van der Waals surface area contributed by atoms with Crippen molar-refractivity contribution in [3.05, 3.63) is 72.4 Å². The molecule has 1 aromatic carbocycles. The summed E-state index contributed by atoms with van der Waals surface area (Å²) in [5.41, 5.74) is 2.60. The van der Waals surface area contributed by atoms with Gasteiger partial charge in [-0.1, -0.05) is 36.4 Å². The molecule has 0 saturated carbocycles. The predicted octanol–water partition coefficient (Wildman–Crippen LogP) is 2.71. The molecule has 7 nitrogen and oxygen atoms in total. The van der Waals surface area contributed by atoms with Crippen LogP contribution in [0.15, 0.2) is 60.9 Å². The highest BCUT2D eigenvalue weighted by Gasteiger charge is 2.50. The fraction of sp³-hybridized carbons (Fsp3) is 0.391. The molecular formula is C23H27N5O2S. The first-order chi connectivity index (χ1) is 15.0. The van der Waals surface area contributed by atoms with Crippen LogP contribution in [0.25, 0.3) is 11.3 Å². The molecule has 1 fully saturated rings. The summed E-state index contributed by atoms with van der Waals surface area (Å²) in [7, 11) is -3.36. The number of piperidine rings is 1. The number of hydrogen-bond donors (Lipinski definition) is 0. The maximum absolute atomic E-state index is 12.8. The van der Waals surface area contributed by atoms with Crippen LogP contribution in [0.1, 0.15) is 24.4 Å². The Hall–Kier alpha value is -2.55. The molecule has 0 aliphatic carbocycles. The predicted molar refractivity (Wildman–Crippen MR) is 120 cm³/mol. The molecule has 2 aromatic heterocycles. The number of rotatable bonds is 4. The largest absolute Gasteiger partial charge is 0.325 e. The summed E-state index contributed by atoms with van der Waals surface area (Å²) in [5, 5.41) is 0. The van der Waals surface area contributed by atoms with Gasteiger partial charge in [0.25, 0.3) is 0 Å². The summed E-state index contributed by atoms with van der Waals surface area (Å²) >= 11 is 0. The Bertz CT molecular complexity index is 1150. The molecule has 1 saturated heterocycles. The van der Waals surface area contributed by atoms with Crippen LogP contribution in [-0.4, -0.2) is 58.0 Å². The van der Waals surface area contributed by atoms with Gasteiger partial charge in [-0.2, -0.15) is 4.31 Å². The van der Waals surface area contributed by atoms with Crippen molar-refractivity contribution in [1.82, 2.24) is 23.7 Å². The summed E-state index contributed by atoms with van der Waals surface area (Å²) in [4.78, 5) is 11.6. The highest BCUT2D eigenvalue weighted by atomic mass is 32.2. The van der Waals surface area contributed by atoms with Crippen molar-refractivity contribution in [1.29, 1.82) is 0 Å². The van der Waals surface area contributed by atoms with Gasteiger partial charge in [0.05, 0.1) is 29.4 Å². The van der Waals surface area contributed by atoms with Gasteiger partial charge in [0.15, 0.2) is 0 Å². The number of hydrogen-bond acceptors (Lipinski definition) is 5. The Morgan fingerprint density at radius 1 is 0.935 bits per heavy atom. The molecule has 0 unspecified atom stereocenters. The third-order valence-corrected chi connectivity index (χ3v) is 7.87. The van der Waals surface area contributed by atoms with E-state index in [1.165, 1.54) is 6.26 Å². The Morgan fingerprint density at radius 3 is 2.35 bits per heavy atom. The SMILES string of the molecule is CS(=O)(=O)N1CCn2c(-c3ccccc3)cnc2C12CCN(Cc1ccccn1)CC2. The van der Waals surface area contributed by atoms with Crippen molar-refractivity contribution in [2.24, 2.45) is 0 Å². The smallest absolute Gasteiger partial charge is 0.212 e. The summed E-state index contributed by atoms with van der Waals surface area (Å²) < 4.78 is 29.5. The lowest BCUT2D eigenvalue weighted by Gasteiger charge is -2.49. The summed E-state index contributed by atoms with van der Waals surface area (Å²) in [6, 6.07) is 16.2. The number of likely N-dealkylation sites (tertiary alicyclic amines) is 1. The number of aromatic nitrogens is 3. The second-order valence-electron chi connectivity index (χ2n) is 8.45. The average molecular weight is 438 g/mol. The third kappa shape index (κ3) is 3.69. The van der Waals surface area contributed by atoms with E-state index in [4.69, 9.17) is 4.98 Å². The van der Waals surface area contributed by atoms with Gasteiger partial charge in [0.2, 0.25) is 10.0 Å². The van der Waals surface area contributed by atoms with Crippen LogP contribution in [0.5, 0.6) is 0 Å². The molecule has 162 valence electrons. The Morgan fingerprint density at radius 2 is 1.68 bits per heavy atom. The van der Waals surface area contributed by atoms with E-state index in [0.29, 0.717) is 13.1 Å². The first-order valence-electron chi connectivity index (χ1n) is 10.7. The normalized spacial score (nSPS) is 19.4. The monoisotopic (exact) mass is 437 g/mol. The van der Waals surface area contributed by atoms with E-state index >= 15 is 0 Å². The van der Waals surface area contributed by atoms with Gasteiger partial charge in [-0.25, -0.2) is 13.4 Å². The second-order valence-corrected chi connectivity index (χ2v) is 10.4. The Labute approximate surface area is 183 Å². The van der Waals surface area contributed by atoms with Crippen molar-refractivity contribution in [3.8, 4) is 11.3 Å². The lowest BCUT2D eigenvalue weighted by Crippen LogP contribution is -2.59. The number of sulfonamides is 1. The molecule has 2 aliphatic rings. The molecule has 4 heterocycles. The Balaban J connectivity index is 1.48. The van der Waals surface area contributed by atoms with Crippen molar-refractivity contribution in [2.75, 3.05) is 25.9 Å². The van der Waals surface area contributed by atoms with Crippen molar-refractivity contribution in [3.63, 3.8) is 0 Å². The number of pyridine rings is 1. The molecule has 0 bridgehead atoms. The Kier molecular flexibility index (Phi) is 5.16. The van der Waals surface area contributed by atoms with Gasteiger partial charge in [-0.05, 0) is 30.5 Å². The maximum atomic E-state index is 12.8. The van der Waals surface area contributed by atoms with Crippen LogP contribution >= 0.6 is 0 Å². The van der Waals surface area contributed by atoms with Crippen molar-refractivity contribution in [2.45, 2.75) is 31.5 Å². The van der Waals surface area contributed by atoms with Crippen LogP contribution in [0.4, 0.5) is 0 Å². The van der Waals surface area contributed by atoms with E-state index in [9.17, 15) is 8.42 Å². The minimum atomic E-state index is -3.36. The molecule has 0 atom stereocenters. The van der Waals surface area contributed by atoms with E-state index < -0.39 is 15.6 Å². The summed E-state index contributed by atoms with van der Waals surface area (Å²) in [5.74, 6) is 0.875. The zero-order valence-electron chi connectivity index (χ0n) is 17.7. The molecule has 5 rings (SSSR count). The molecule has 0 N–H and O–H groups in total. The molecule has 3 aromatic rings. The first-order valence-corrected chi connectivity index (χ1v) is 12.5. The minimum absolute atomic E-state index is 0.474. The van der Waals surface area contributed by atoms with Crippen LogP contribution in [0.3, 0.4) is 0 Å². The van der Waals surface area contributed by atoms with Gasteiger partial charge >= 0.3 is 0 Å².